The topological polar surface area (TPSA) is 46.2 Å². The van der Waals surface area contributed by atoms with Gasteiger partial charge in [-0.05, 0) is 36.4 Å². The Morgan fingerprint density at radius 2 is 1.03 bits per heavy atom. The highest BCUT2D eigenvalue weighted by Crippen LogP contribution is 2.44. The first-order valence-corrected chi connectivity index (χ1v) is 8.19. The molecule has 11 heteroatoms. The van der Waals surface area contributed by atoms with Gasteiger partial charge in [0.1, 0.15) is 0 Å². The highest BCUT2D eigenvalue weighted by molar-refractivity contribution is 5.46. The third-order valence-corrected chi connectivity index (χ3v) is 4.32. The number of benzene rings is 2. The molecule has 0 bridgehead atoms. The summed E-state index contributed by atoms with van der Waals surface area (Å²) in [7, 11) is 0. The summed E-state index contributed by atoms with van der Waals surface area (Å²) < 4.78 is 109. The smallest absolute Gasteiger partial charge is 0.328 e. The molecular weight excluding hydrogens is 410 g/mol. The first-order valence-electron chi connectivity index (χ1n) is 8.19. The van der Waals surface area contributed by atoms with Crippen LogP contribution in [0.15, 0.2) is 36.4 Å². The van der Waals surface area contributed by atoms with Crippen LogP contribution in [0, 0.1) is 0 Å². The van der Waals surface area contributed by atoms with Crippen LogP contribution >= 0.6 is 0 Å². The minimum absolute atomic E-state index is 0.0862. The van der Waals surface area contributed by atoms with Crippen molar-refractivity contribution in [3.63, 3.8) is 0 Å². The average molecular weight is 422 g/mol. The van der Waals surface area contributed by atoms with Gasteiger partial charge in [0.25, 0.3) is 12.7 Å². The molecule has 0 saturated carbocycles. The van der Waals surface area contributed by atoms with Gasteiger partial charge in [-0.2, -0.15) is 17.6 Å². The lowest BCUT2D eigenvalue weighted by Crippen LogP contribution is -2.38. The number of alkyl halides is 6. The first-order chi connectivity index (χ1) is 13.7. The van der Waals surface area contributed by atoms with Gasteiger partial charge in [-0.15, -0.1) is 0 Å². The number of rotatable bonds is 6. The average Bonchev–Trinajstić information content (AvgIpc) is 3.35. The summed E-state index contributed by atoms with van der Waals surface area (Å²) in [6.07, 6.45) is -7.39. The van der Waals surface area contributed by atoms with Crippen molar-refractivity contribution in [3.8, 4) is 23.0 Å². The Hall–Kier alpha value is -2.82. The molecule has 0 fully saturated rings. The van der Waals surface area contributed by atoms with E-state index in [0.29, 0.717) is 0 Å². The molecule has 2 aliphatic rings. The maximum atomic E-state index is 14.3. The van der Waals surface area contributed by atoms with E-state index in [4.69, 9.17) is 18.9 Å². The third-order valence-electron chi connectivity index (χ3n) is 4.32. The zero-order chi connectivity index (χ0) is 20.8. The van der Waals surface area contributed by atoms with Gasteiger partial charge in [0, 0.05) is 11.1 Å². The predicted octanol–water partition coefficient (Wildman–Crippen LogP) is 4.64. The van der Waals surface area contributed by atoms with E-state index >= 15 is 0 Å². The zero-order valence-electron chi connectivity index (χ0n) is 14.3. The van der Waals surface area contributed by atoms with Crippen LogP contribution < -0.4 is 18.9 Å². The quantitative estimate of drug-likeness (QED) is 0.635. The Kier molecular flexibility index (Phi) is 4.64. The lowest BCUT2D eigenvalue weighted by molar-refractivity contribution is -0.295. The predicted molar refractivity (Wildman–Crippen MR) is 83.8 cm³/mol. The Balaban J connectivity index is 1.51. The second-order valence-electron chi connectivity index (χ2n) is 6.15. The monoisotopic (exact) mass is 422 g/mol. The van der Waals surface area contributed by atoms with Gasteiger partial charge in [-0.25, -0.2) is 8.78 Å². The summed E-state index contributed by atoms with van der Waals surface area (Å²) in [5.74, 6) is -8.74. The fourth-order valence-electron chi connectivity index (χ4n) is 2.75. The van der Waals surface area contributed by atoms with Crippen molar-refractivity contribution in [2.75, 3.05) is 13.6 Å². The molecule has 2 atom stereocenters. The van der Waals surface area contributed by atoms with Crippen molar-refractivity contribution in [1.29, 1.82) is 0 Å². The molecular formula is C18H12F6O5. The molecule has 0 radical (unpaired) electrons. The van der Waals surface area contributed by atoms with E-state index in [9.17, 15) is 26.3 Å². The minimum atomic E-state index is -4.43. The van der Waals surface area contributed by atoms with Crippen LogP contribution in [0.2, 0.25) is 0 Å². The van der Waals surface area contributed by atoms with Crippen LogP contribution in [0.3, 0.4) is 0 Å². The number of hydrogen-bond donors (Lipinski definition) is 0. The van der Waals surface area contributed by atoms with Gasteiger partial charge in [-0.3, -0.25) is 0 Å². The van der Waals surface area contributed by atoms with Gasteiger partial charge in [0.2, 0.25) is 13.6 Å². The van der Waals surface area contributed by atoms with E-state index in [1.54, 1.807) is 0 Å². The molecule has 2 aromatic carbocycles. The van der Waals surface area contributed by atoms with Gasteiger partial charge in [-0.1, -0.05) is 0 Å². The maximum absolute atomic E-state index is 14.3. The van der Waals surface area contributed by atoms with Crippen molar-refractivity contribution in [2.45, 2.75) is 24.6 Å². The normalized spacial score (nSPS) is 17.3. The second kappa shape index (κ2) is 6.90. The van der Waals surface area contributed by atoms with Crippen molar-refractivity contribution >= 4 is 0 Å². The van der Waals surface area contributed by atoms with Gasteiger partial charge < -0.3 is 23.7 Å². The number of fused-ring (bicyclic) bond motifs is 2. The molecule has 156 valence electrons. The molecule has 0 aliphatic carbocycles. The molecule has 0 aromatic heterocycles. The van der Waals surface area contributed by atoms with Crippen LogP contribution in [-0.4, -0.2) is 26.3 Å². The zero-order valence-corrected chi connectivity index (χ0v) is 14.3. The van der Waals surface area contributed by atoms with Crippen LogP contribution in [0.25, 0.3) is 0 Å². The van der Waals surface area contributed by atoms with Gasteiger partial charge >= 0.3 is 11.8 Å². The number of ether oxygens (including phenoxy) is 5. The molecule has 0 N–H and O–H groups in total. The minimum Gasteiger partial charge on any atom is -0.454 e. The third kappa shape index (κ3) is 3.39. The highest BCUT2D eigenvalue weighted by Gasteiger charge is 2.51. The molecule has 0 amide bonds. The SMILES string of the molecule is F[C@H](O[C@@H](F)C(F)(F)c1ccc2c(c1)OCO2)C(F)(F)c1ccc2c(c1)OCO2. The van der Waals surface area contributed by atoms with E-state index in [-0.39, 0.29) is 36.6 Å². The summed E-state index contributed by atoms with van der Waals surface area (Å²) in [6, 6.07) is 5.31. The van der Waals surface area contributed by atoms with E-state index in [2.05, 4.69) is 4.74 Å². The number of hydrogen-bond acceptors (Lipinski definition) is 5. The fourth-order valence-corrected chi connectivity index (χ4v) is 2.75. The highest BCUT2D eigenvalue weighted by atomic mass is 19.3. The molecule has 29 heavy (non-hydrogen) atoms. The Morgan fingerprint density at radius 3 is 1.45 bits per heavy atom. The summed E-state index contributed by atoms with van der Waals surface area (Å²) in [5.41, 5.74) is -1.90. The molecule has 2 aliphatic heterocycles. The van der Waals surface area contributed by atoms with E-state index in [1.165, 1.54) is 0 Å². The lowest BCUT2D eigenvalue weighted by atomic mass is 10.1. The van der Waals surface area contributed by atoms with Crippen LogP contribution in [0.4, 0.5) is 26.3 Å². The van der Waals surface area contributed by atoms with Crippen molar-refractivity contribution in [2.24, 2.45) is 0 Å². The van der Waals surface area contributed by atoms with Gasteiger partial charge in [0.05, 0.1) is 0 Å². The second-order valence-corrected chi connectivity index (χ2v) is 6.15. The molecule has 2 heterocycles. The first kappa shape index (κ1) is 19.5. The summed E-state index contributed by atoms with van der Waals surface area (Å²) in [4.78, 5) is 0. The molecule has 5 nitrogen and oxygen atoms in total. The molecule has 0 spiro atoms. The molecule has 4 rings (SSSR count). The molecule has 0 saturated heterocycles. The van der Waals surface area contributed by atoms with Crippen molar-refractivity contribution < 1.29 is 50.0 Å². The Labute approximate surface area is 159 Å². The Bertz CT molecular complexity index is 848. The molecule has 2 aromatic rings. The summed E-state index contributed by atoms with van der Waals surface area (Å²) in [5, 5.41) is 0. The van der Waals surface area contributed by atoms with E-state index < -0.39 is 35.7 Å². The summed E-state index contributed by atoms with van der Waals surface area (Å²) >= 11 is 0. The molecule has 0 unspecified atom stereocenters. The fraction of sp³-hybridized carbons (Fsp3) is 0.333. The number of halogens is 6. The van der Waals surface area contributed by atoms with Crippen LogP contribution in [0.5, 0.6) is 23.0 Å². The lowest BCUT2D eigenvalue weighted by Gasteiger charge is -2.26. The van der Waals surface area contributed by atoms with Crippen LogP contribution in [0.1, 0.15) is 11.1 Å². The van der Waals surface area contributed by atoms with Crippen molar-refractivity contribution in [1.82, 2.24) is 0 Å². The van der Waals surface area contributed by atoms with Crippen LogP contribution in [-0.2, 0) is 16.6 Å². The van der Waals surface area contributed by atoms with Gasteiger partial charge in [0.15, 0.2) is 23.0 Å². The maximum Gasteiger partial charge on any atom is 0.328 e. The largest absolute Gasteiger partial charge is 0.454 e. The summed E-state index contributed by atoms with van der Waals surface area (Å²) in [6.45, 7) is -0.428. The van der Waals surface area contributed by atoms with E-state index in [1.807, 2.05) is 0 Å². The Morgan fingerprint density at radius 1 is 0.655 bits per heavy atom. The standard InChI is InChI=1S/C18H12F6O5/c19-15(17(21,22)9-1-3-11-13(5-9)27-7-25-11)29-16(20)18(23,24)10-2-4-12-14(6-10)28-8-26-12/h1-6,15-16H,7-8H2/t15-,16-/m1/s1. The van der Waals surface area contributed by atoms with Crippen molar-refractivity contribution in [3.05, 3.63) is 47.5 Å². The van der Waals surface area contributed by atoms with E-state index in [0.717, 1.165) is 36.4 Å².